The third kappa shape index (κ3) is 3.16. The molecule has 1 aromatic heterocycles. The van der Waals surface area contributed by atoms with Crippen molar-refractivity contribution >= 4 is 21.7 Å². The quantitative estimate of drug-likeness (QED) is 0.799. The molecule has 17 heavy (non-hydrogen) atoms. The van der Waals surface area contributed by atoms with Crippen LogP contribution >= 0.6 is 15.9 Å². The van der Waals surface area contributed by atoms with Crippen LogP contribution in [0.1, 0.15) is 19.7 Å². The van der Waals surface area contributed by atoms with Gasteiger partial charge in [-0.05, 0) is 22.5 Å². The van der Waals surface area contributed by atoms with E-state index in [1.54, 1.807) is 0 Å². The maximum absolute atomic E-state index is 4.59. The molecule has 94 valence electrons. The molecule has 4 nitrogen and oxygen atoms in total. The minimum Gasteiger partial charge on any atom is -0.354 e. The maximum atomic E-state index is 4.59. The van der Waals surface area contributed by atoms with Crippen molar-refractivity contribution in [3.05, 3.63) is 16.5 Å². The molecule has 0 amide bonds. The third-order valence-corrected chi connectivity index (χ3v) is 3.59. The van der Waals surface area contributed by atoms with Crippen LogP contribution in [0.3, 0.4) is 0 Å². The smallest absolute Gasteiger partial charge is 0.133 e. The van der Waals surface area contributed by atoms with Crippen LogP contribution in [0.15, 0.2) is 10.7 Å². The highest BCUT2D eigenvalue weighted by Gasteiger charge is 2.17. The lowest BCUT2D eigenvalue weighted by Crippen LogP contribution is -2.46. The molecule has 5 heteroatoms. The molecule has 2 heterocycles. The number of hydrogen-bond donors (Lipinski definition) is 0. The molecule has 1 fully saturated rings. The van der Waals surface area contributed by atoms with E-state index in [0.29, 0.717) is 0 Å². The van der Waals surface area contributed by atoms with Crippen LogP contribution in [0.2, 0.25) is 0 Å². The van der Waals surface area contributed by atoms with Crippen molar-refractivity contribution < 1.29 is 0 Å². The van der Waals surface area contributed by atoms with E-state index in [2.05, 4.69) is 49.5 Å². The number of nitrogens with zero attached hydrogens (tertiary/aromatic N) is 4. The van der Waals surface area contributed by atoms with Gasteiger partial charge in [0.05, 0.1) is 0 Å². The summed E-state index contributed by atoms with van der Waals surface area (Å²) in [5.74, 6) is 1.96. The Bertz CT molecular complexity index is 375. The molecule has 1 aromatic rings. The second-order valence-electron chi connectivity index (χ2n) is 4.24. The number of anilines is 1. The van der Waals surface area contributed by atoms with E-state index < -0.39 is 0 Å². The summed E-state index contributed by atoms with van der Waals surface area (Å²) in [5, 5.41) is 0. The molecular formula is C12H19BrN4. The Hall–Kier alpha value is -0.680. The van der Waals surface area contributed by atoms with Crippen molar-refractivity contribution in [2.75, 3.05) is 37.6 Å². The topological polar surface area (TPSA) is 32.3 Å². The fourth-order valence-corrected chi connectivity index (χ4v) is 2.47. The number of halogens is 1. The molecule has 0 bridgehead atoms. The van der Waals surface area contributed by atoms with Gasteiger partial charge >= 0.3 is 0 Å². The van der Waals surface area contributed by atoms with Crippen LogP contribution in [0.25, 0.3) is 0 Å². The van der Waals surface area contributed by atoms with Gasteiger partial charge in [0.1, 0.15) is 16.2 Å². The number of rotatable bonds is 3. The first-order valence-corrected chi connectivity index (χ1v) is 7.03. The van der Waals surface area contributed by atoms with E-state index in [4.69, 9.17) is 0 Å². The zero-order valence-electron chi connectivity index (χ0n) is 10.5. The molecule has 1 saturated heterocycles. The van der Waals surface area contributed by atoms with Gasteiger partial charge in [0, 0.05) is 38.7 Å². The van der Waals surface area contributed by atoms with Crippen LogP contribution in [-0.2, 0) is 6.42 Å². The fourth-order valence-electron chi connectivity index (χ4n) is 2.06. The molecule has 0 radical (unpaired) electrons. The van der Waals surface area contributed by atoms with Crippen molar-refractivity contribution in [2.45, 2.75) is 20.3 Å². The number of aryl methyl sites for hydroxylation is 1. The van der Waals surface area contributed by atoms with Gasteiger partial charge in [-0.2, -0.15) is 0 Å². The summed E-state index contributed by atoms with van der Waals surface area (Å²) in [7, 11) is 0. The predicted octanol–water partition coefficient (Wildman–Crippen LogP) is 1.94. The van der Waals surface area contributed by atoms with E-state index in [9.17, 15) is 0 Å². The molecular weight excluding hydrogens is 280 g/mol. The highest BCUT2D eigenvalue weighted by Crippen LogP contribution is 2.18. The van der Waals surface area contributed by atoms with Gasteiger partial charge in [-0.3, -0.25) is 0 Å². The molecule has 0 unspecified atom stereocenters. The van der Waals surface area contributed by atoms with E-state index in [1.807, 2.05) is 6.07 Å². The van der Waals surface area contributed by atoms with Crippen molar-refractivity contribution in [1.82, 2.24) is 14.9 Å². The predicted molar refractivity (Wildman–Crippen MR) is 73.4 cm³/mol. The average Bonchev–Trinajstić information content (AvgIpc) is 2.38. The van der Waals surface area contributed by atoms with Gasteiger partial charge in [-0.15, -0.1) is 0 Å². The molecule has 2 rings (SSSR count). The first kappa shape index (κ1) is 12.8. The lowest BCUT2D eigenvalue weighted by molar-refractivity contribution is 0.270. The zero-order valence-corrected chi connectivity index (χ0v) is 12.1. The first-order valence-electron chi connectivity index (χ1n) is 6.23. The summed E-state index contributed by atoms with van der Waals surface area (Å²) in [5.41, 5.74) is 0. The molecule has 1 aliphatic rings. The summed E-state index contributed by atoms with van der Waals surface area (Å²) in [4.78, 5) is 13.8. The monoisotopic (exact) mass is 298 g/mol. The van der Waals surface area contributed by atoms with Crippen LogP contribution in [0, 0.1) is 0 Å². The van der Waals surface area contributed by atoms with Crippen LogP contribution in [-0.4, -0.2) is 47.6 Å². The Balaban J connectivity index is 2.10. The first-order chi connectivity index (χ1) is 8.22. The van der Waals surface area contributed by atoms with Crippen molar-refractivity contribution in [3.8, 4) is 0 Å². The fraction of sp³-hybridized carbons (Fsp3) is 0.667. The van der Waals surface area contributed by atoms with Gasteiger partial charge < -0.3 is 9.80 Å². The second kappa shape index (κ2) is 5.78. The Kier molecular flexibility index (Phi) is 4.34. The van der Waals surface area contributed by atoms with Crippen LogP contribution in [0.4, 0.5) is 5.82 Å². The van der Waals surface area contributed by atoms with E-state index >= 15 is 0 Å². The number of aromatic nitrogens is 2. The summed E-state index contributed by atoms with van der Waals surface area (Å²) < 4.78 is 0.886. The largest absolute Gasteiger partial charge is 0.354 e. The minimum absolute atomic E-state index is 0.876. The Morgan fingerprint density at radius 1 is 1.18 bits per heavy atom. The van der Waals surface area contributed by atoms with Crippen LogP contribution < -0.4 is 4.90 Å². The molecule has 0 aliphatic carbocycles. The summed E-state index contributed by atoms with van der Waals surface area (Å²) >= 11 is 3.46. The highest BCUT2D eigenvalue weighted by molar-refractivity contribution is 9.10. The van der Waals surface area contributed by atoms with E-state index in [0.717, 1.165) is 55.4 Å². The zero-order chi connectivity index (χ0) is 12.3. The Labute approximate surface area is 111 Å². The maximum Gasteiger partial charge on any atom is 0.133 e. The summed E-state index contributed by atoms with van der Waals surface area (Å²) in [6.07, 6.45) is 0.876. The standard InChI is InChI=1S/C12H19BrN4/c1-3-11-14-10(13)9-12(15-11)17-7-5-16(4-2)6-8-17/h9H,3-8H2,1-2H3. The molecule has 0 saturated carbocycles. The van der Waals surface area contributed by atoms with Gasteiger partial charge in [0.25, 0.3) is 0 Å². The van der Waals surface area contributed by atoms with Gasteiger partial charge in [0.15, 0.2) is 0 Å². The second-order valence-corrected chi connectivity index (χ2v) is 5.05. The normalized spacial score (nSPS) is 17.5. The Morgan fingerprint density at radius 3 is 2.47 bits per heavy atom. The summed E-state index contributed by atoms with van der Waals surface area (Å²) in [6.45, 7) is 9.80. The van der Waals surface area contributed by atoms with Gasteiger partial charge in [-0.1, -0.05) is 13.8 Å². The molecule has 0 atom stereocenters. The van der Waals surface area contributed by atoms with E-state index in [1.165, 1.54) is 0 Å². The number of piperazine rings is 1. The van der Waals surface area contributed by atoms with Crippen molar-refractivity contribution in [2.24, 2.45) is 0 Å². The lowest BCUT2D eigenvalue weighted by Gasteiger charge is -2.34. The van der Waals surface area contributed by atoms with E-state index in [-0.39, 0.29) is 0 Å². The van der Waals surface area contributed by atoms with Crippen LogP contribution in [0.5, 0.6) is 0 Å². The molecule has 0 N–H and O–H groups in total. The third-order valence-electron chi connectivity index (χ3n) is 3.19. The molecule has 1 aliphatic heterocycles. The van der Waals surface area contributed by atoms with Crippen molar-refractivity contribution in [3.63, 3.8) is 0 Å². The van der Waals surface area contributed by atoms with Crippen molar-refractivity contribution in [1.29, 1.82) is 0 Å². The number of hydrogen-bond acceptors (Lipinski definition) is 4. The highest BCUT2D eigenvalue weighted by atomic mass is 79.9. The molecule has 0 aromatic carbocycles. The molecule has 0 spiro atoms. The SMILES string of the molecule is CCc1nc(Br)cc(N2CCN(CC)CC2)n1. The van der Waals surface area contributed by atoms with Gasteiger partial charge in [-0.25, -0.2) is 9.97 Å². The summed E-state index contributed by atoms with van der Waals surface area (Å²) in [6, 6.07) is 2.01. The minimum atomic E-state index is 0.876. The average molecular weight is 299 g/mol. The lowest BCUT2D eigenvalue weighted by atomic mass is 10.3. The number of likely N-dealkylation sites (N-methyl/N-ethyl adjacent to an activating group) is 1. The van der Waals surface area contributed by atoms with Gasteiger partial charge in [0.2, 0.25) is 0 Å². The Morgan fingerprint density at radius 2 is 1.88 bits per heavy atom.